The Labute approximate surface area is 106 Å². The van der Waals surface area contributed by atoms with Crippen molar-refractivity contribution in [2.24, 2.45) is 0 Å². The molecule has 95 valence electrons. The molecule has 0 bridgehead atoms. The molecule has 1 radical (unpaired) electrons. The molecule has 1 aliphatic heterocycles. The SMILES string of the molecule is CN1[CH]N(CC(=O)NCc2cccc[n+]2[O-])C=C1. The molecule has 1 amide bonds. The van der Waals surface area contributed by atoms with Gasteiger partial charge in [-0.3, -0.25) is 4.79 Å². The van der Waals surface area contributed by atoms with Crippen molar-refractivity contribution in [2.45, 2.75) is 6.54 Å². The minimum atomic E-state index is -0.130. The van der Waals surface area contributed by atoms with E-state index >= 15 is 0 Å². The fourth-order valence-corrected chi connectivity index (χ4v) is 1.61. The first-order valence-corrected chi connectivity index (χ1v) is 5.60. The van der Waals surface area contributed by atoms with Crippen LogP contribution in [0.15, 0.2) is 36.8 Å². The van der Waals surface area contributed by atoms with E-state index in [1.807, 2.05) is 31.0 Å². The van der Waals surface area contributed by atoms with Crippen molar-refractivity contribution in [3.63, 3.8) is 0 Å². The first-order valence-electron chi connectivity index (χ1n) is 5.60. The molecule has 0 aromatic carbocycles. The highest BCUT2D eigenvalue weighted by molar-refractivity contribution is 5.78. The Morgan fingerprint density at radius 2 is 2.28 bits per heavy atom. The van der Waals surface area contributed by atoms with Crippen LogP contribution >= 0.6 is 0 Å². The van der Waals surface area contributed by atoms with E-state index in [9.17, 15) is 10.0 Å². The van der Waals surface area contributed by atoms with Crippen LogP contribution in [-0.2, 0) is 11.3 Å². The van der Waals surface area contributed by atoms with E-state index in [0.717, 1.165) is 4.73 Å². The van der Waals surface area contributed by atoms with Gasteiger partial charge >= 0.3 is 0 Å². The number of amides is 1. The van der Waals surface area contributed by atoms with E-state index in [1.54, 1.807) is 23.1 Å². The van der Waals surface area contributed by atoms with Gasteiger partial charge < -0.3 is 20.3 Å². The van der Waals surface area contributed by atoms with Crippen molar-refractivity contribution in [1.29, 1.82) is 0 Å². The molecular weight excluding hydrogens is 232 g/mol. The van der Waals surface area contributed by atoms with Gasteiger partial charge in [0.2, 0.25) is 11.6 Å². The van der Waals surface area contributed by atoms with Crippen LogP contribution in [0.2, 0.25) is 0 Å². The molecule has 2 heterocycles. The van der Waals surface area contributed by atoms with Crippen molar-refractivity contribution in [3.05, 3.63) is 54.4 Å². The second kappa shape index (κ2) is 5.39. The van der Waals surface area contributed by atoms with Crippen molar-refractivity contribution < 1.29 is 9.52 Å². The Morgan fingerprint density at radius 1 is 1.44 bits per heavy atom. The van der Waals surface area contributed by atoms with Gasteiger partial charge in [0.05, 0.1) is 6.54 Å². The zero-order valence-electron chi connectivity index (χ0n) is 10.1. The van der Waals surface area contributed by atoms with E-state index in [1.165, 1.54) is 6.20 Å². The van der Waals surface area contributed by atoms with Gasteiger partial charge in [0.25, 0.3) is 0 Å². The Hall–Kier alpha value is -2.24. The lowest BCUT2D eigenvalue weighted by atomic mass is 10.3. The predicted octanol–water partition coefficient (Wildman–Crippen LogP) is -0.226. The fraction of sp³-hybridized carbons (Fsp3) is 0.250. The molecule has 1 aromatic heterocycles. The average Bonchev–Trinajstić information content (AvgIpc) is 2.74. The van der Waals surface area contributed by atoms with Gasteiger partial charge in [0.1, 0.15) is 13.2 Å². The van der Waals surface area contributed by atoms with E-state index in [0.29, 0.717) is 5.69 Å². The molecule has 2 rings (SSSR count). The third-order valence-corrected chi connectivity index (χ3v) is 2.52. The molecule has 1 aliphatic rings. The summed E-state index contributed by atoms with van der Waals surface area (Å²) in [5.74, 6) is -0.130. The molecule has 18 heavy (non-hydrogen) atoms. The molecule has 0 fully saturated rings. The van der Waals surface area contributed by atoms with Crippen molar-refractivity contribution in [2.75, 3.05) is 13.6 Å². The minimum Gasteiger partial charge on any atom is -0.618 e. The predicted molar refractivity (Wildman–Crippen MR) is 65.2 cm³/mol. The van der Waals surface area contributed by atoms with Crippen molar-refractivity contribution in [1.82, 2.24) is 15.1 Å². The Morgan fingerprint density at radius 3 is 2.94 bits per heavy atom. The van der Waals surface area contributed by atoms with Crippen LogP contribution in [0.5, 0.6) is 0 Å². The number of hydrogen-bond donors (Lipinski definition) is 1. The molecule has 0 saturated carbocycles. The smallest absolute Gasteiger partial charge is 0.240 e. The van der Waals surface area contributed by atoms with Crippen LogP contribution in [0, 0.1) is 11.9 Å². The summed E-state index contributed by atoms with van der Waals surface area (Å²) in [6.07, 6.45) is 5.08. The highest BCUT2D eigenvalue weighted by atomic mass is 16.5. The maximum absolute atomic E-state index is 11.7. The maximum atomic E-state index is 11.7. The van der Waals surface area contributed by atoms with Gasteiger partial charge in [-0.1, -0.05) is 0 Å². The van der Waals surface area contributed by atoms with Crippen LogP contribution in [0.1, 0.15) is 5.69 Å². The van der Waals surface area contributed by atoms with Crippen LogP contribution in [-0.4, -0.2) is 29.3 Å². The Bertz CT molecular complexity index is 461. The lowest BCUT2D eigenvalue weighted by molar-refractivity contribution is -0.614. The monoisotopic (exact) mass is 247 g/mol. The zero-order valence-corrected chi connectivity index (χ0v) is 10.1. The number of rotatable bonds is 4. The number of carbonyl (C=O) groups is 1. The molecule has 0 aliphatic carbocycles. The second-order valence-electron chi connectivity index (χ2n) is 4.05. The number of carbonyl (C=O) groups excluding carboxylic acids is 1. The molecule has 1 N–H and O–H groups in total. The first kappa shape index (κ1) is 12.2. The molecule has 1 aromatic rings. The lowest BCUT2D eigenvalue weighted by Gasteiger charge is -2.16. The summed E-state index contributed by atoms with van der Waals surface area (Å²) in [7, 11) is 1.89. The number of nitrogens with zero attached hydrogens (tertiary/aromatic N) is 3. The molecule has 0 saturated heterocycles. The van der Waals surface area contributed by atoms with E-state index < -0.39 is 0 Å². The third-order valence-electron chi connectivity index (χ3n) is 2.52. The first-order chi connectivity index (χ1) is 8.65. The standard InChI is InChI=1S/C12H15N4O2/c1-14-6-7-15(10-14)9-12(17)13-8-11-4-2-3-5-16(11)18/h2-7,10H,8-9H2,1H3,(H,13,17). The van der Waals surface area contributed by atoms with Crippen LogP contribution < -0.4 is 10.0 Å². The lowest BCUT2D eigenvalue weighted by Crippen LogP contribution is -2.38. The third kappa shape index (κ3) is 3.13. The number of pyridine rings is 1. The maximum Gasteiger partial charge on any atom is 0.240 e. The van der Waals surface area contributed by atoms with Crippen molar-refractivity contribution >= 4 is 5.91 Å². The number of hydrogen-bond acceptors (Lipinski definition) is 4. The molecule has 0 atom stereocenters. The normalized spacial score (nSPS) is 14.1. The summed E-state index contributed by atoms with van der Waals surface area (Å²) in [6.45, 7) is 2.29. The summed E-state index contributed by atoms with van der Waals surface area (Å²) in [6, 6.07) is 5.10. The topological polar surface area (TPSA) is 62.5 Å². The van der Waals surface area contributed by atoms with Gasteiger partial charge in [-0.2, -0.15) is 4.73 Å². The highest BCUT2D eigenvalue weighted by Crippen LogP contribution is 2.07. The highest BCUT2D eigenvalue weighted by Gasteiger charge is 2.14. The molecule has 6 heteroatoms. The van der Waals surface area contributed by atoms with E-state index in [4.69, 9.17) is 0 Å². The molecular formula is C12H15N4O2. The van der Waals surface area contributed by atoms with Crippen LogP contribution in [0.4, 0.5) is 0 Å². The van der Waals surface area contributed by atoms with Gasteiger partial charge in [-0.05, 0) is 6.07 Å². The summed E-state index contributed by atoms with van der Waals surface area (Å²) in [4.78, 5) is 15.3. The number of nitrogens with one attached hydrogen (secondary N) is 1. The minimum absolute atomic E-state index is 0.130. The number of aromatic nitrogens is 1. The van der Waals surface area contributed by atoms with Crippen LogP contribution in [0.25, 0.3) is 0 Å². The van der Waals surface area contributed by atoms with Crippen molar-refractivity contribution in [3.8, 4) is 0 Å². The molecule has 6 nitrogen and oxygen atoms in total. The second-order valence-corrected chi connectivity index (χ2v) is 4.05. The summed E-state index contributed by atoms with van der Waals surface area (Å²) in [5, 5.41) is 14.1. The largest absolute Gasteiger partial charge is 0.618 e. The molecule has 0 spiro atoms. The fourth-order valence-electron chi connectivity index (χ4n) is 1.61. The molecule has 0 unspecified atom stereocenters. The van der Waals surface area contributed by atoms with Gasteiger partial charge in [0.15, 0.2) is 6.20 Å². The van der Waals surface area contributed by atoms with Gasteiger partial charge in [0, 0.05) is 31.6 Å². The average molecular weight is 247 g/mol. The summed E-state index contributed by atoms with van der Waals surface area (Å²) < 4.78 is 0.746. The Balaban J connectivity index is 1.79. The van der Waals surface area contributed by atoms with Gasteiger partial charge in [-0.25, -0.2) is 0 Å². The van der Waals surface area contributed by atoms with Gasteiger partial charge in [-0.15, -0.1) is 0 Å². The quantitative estimate of drug-likeness (QED) is 0.590. The van der Waals surface area contributed by atoms with E-state index in [2.05, 4.69) is 5.32 Å². The Kier molecular flexibility index (Phi) is 3.66. The summed E-state index contributed by atoms with van der Waals surface area (Å²) in [5.41, 5.74) is 0.518. The van der Waals surface area contributed by atoms with E-state index in [-0.39, 0.29) is 19.0 Å². The summed E-state index contributed by atoms with van der Waals surface area (Å²) >= 11 is 0. The zero-order chi connectivity index (χ0) is 13.0. The van der Waals surface area contributed by atoms with Crippen LogP contribution in [0.3, 0.4) is 0 Å².